The normalized spacial score (nSPS) is 17.5. The van der Waals surface area contributed by atoms with Crippen LogP contribution in [-0.4, -0.2) is 21.0 Å². The maximum atomic E-state index is 12.5. The van der Waals surface area contributed by atoms with Gasteiger partial charge in [-0.15, -0.1) is 12.4 Å². The van der Waals surface area contributed by atoms with Crippen LogP contribution in [0.5, 0.6) is 0 Å². The van der Waals surface area contributed by atoms with Gasteiger partial charge in [0.05, 0.1) is 4.90 Å². The van der Waals surface area contributed by atoms with E-state index in [4.69, 9.17) is 5.73 Å². The van der Waals surface area contributed by atoms with E-state index < -0.39 is 10.0 Å². The Morgan fingerprint density at radius 2 is 2.00 bits per heavy atom. The third-order valence-electron chi connectivity index (χ3n) is 3.96. The minimum Gasteiger partial charge on any atom is -0.329 e. The van der Waals surface area contributed by atoms with Crippen molar-refractivity contribution in [2.75, 3.05) is 6.54 Å². The van der Waals surface area contributed by atoms with Crippen molar-refractivity contribution in [2.45, 2.75) is 43.5 Å². The van der Waals surface area contributed by atoms with Gasteiger partial charge in [0.15, 0.2) is 0 Å². The molecule has 0 aliphatic heterocycles. The Labute approximate surface area is 141 Å². The Morgan fingerprint density at radius 1 is 1.38 bits per heavy atom. The first-order chi connectivity index (χ1) is 9.44. The van der Waals surface area contributed by atoms with Crippen LogP contribution in [-0.2, 0) is 10.0 Å². The number of aryl methyl sites for hydroxylation is 1. The number of nitrogens with two attached hydrogens (primary N) is 1. The van der Waals surface area contributed by atoms with E-state index in [1.807, 2.05) is 6.07 Å². The maximum Gasteiger partial charge on any atom is 0.241 e. The minimum absolute atomic E-state index is 0. The first-order valence-electron chi connectivity index (χ1n) is 6.92. The van der Waals surface area contributed by atoms with Crippen molar-refractivity contribution in [2.24, 2.45) is 11.7 Å². The summed E-state index contributed by atoms with van der Waals surface area (Å²) < 4.78 is 28.7. The van der Waals surface area contributed by atoms with Crippen molar-refractivity contribution in [1.82, 2.24) is 4.72 Å². The SMILES string of the molecule is Cc1cc(Br)ccc1S(=O)(=O)NC(CN)C1CCCC1.Cl. The highest BCUT2D eigenvalue weighted by atomic mass is 79.9. The third-order valence-corrected chi connectivity index (χ3v) is 6.10. The van der Waals surface area contributed by atoms with E-state index in [9.17, 15) is 8.42 Å². The van der Waals surface area contributed by atoms with E-state index in [-0.39, 0.29) is 18.4 Å². The highest BCUT2D eigenvalue weighted by Crippen LogP contribution is 2.28. The number of benzene rings is 1. The summed E-state index contributed by atoms with van der Waals surface area (Å²) >= 11 is 3.35. The molecule has 0 amide bonds. The van der Waals surface area contributed by atoms with Crippen LogP contribution < -0.4 is 10.5 Å². The highest BCUT2D eigenvalue weighted by molar-refractivity contribution is 9.10. The largest absolute Gasteiger partial charge is 0.329 e. The lowest BCUT2D eigenvalue weighted by Gasteiger charge is -2.23. The first-order valence-corrected chi connectivity index (χ1v) is 9.20. The van der Waals surface area contributed by atoms with Gasteiger partial charge in [0.2, 0.25) is 10.0 Å². The van der Waals surface area contributed by atoms with Gasteiger partial charge in [-0.2, -0.15) is 0 Å². The molecule has 1 aromatic carbocycles. The van der Waals surface area contributed by atoms with Gasteiger partial charge in [-0.25, -0.2) is 13.1 Å². The number of sulfonamides is 1. The highest BCUT2D eigenvalue weighted by Gasteiger charge is 2.28. The van der Waals surface area contributed by atoms with Crippen molar-refractivity contribution in [3.63, 3.8) is 0 Å². The molecule has 1 fully saturated rings. The van der Waals surface area contributed by atoms with Crippen LogP contribution in [0, 0.1) is 12.8 Å². The summed E-state index contributed by atoms with van der Waals surface area (Å²) in [6, 6.07) is 5.02. The summed E-state index contributed by atoms with van der Waals surface area (Å²) in [6.45, 7) is 2.14. The van der Waals surface area contributed by atoms with E-state index >= 15 is 0 Å². The molecular weight excluding hydrogens is 376 g/mol. The molecule has 2 rings (SSSR count). The average Bonchev–Trinajstić information content (AvgIpc) is 2.89. The molecule has 1 aliphatic rings. The first kappa shape index (κ1) is 18.9. The fourth-order valence-corrected chi connectivity index (χ4v) is 4.89. The minimum atomic E-state index is -3.51. The Bertz CT molecular complexity index is 574. The monoisotopic (exact) mass is 396 g/mol. The molecule has 1 aliphatic carbocycles. The number of nitrogens with one attached hydrogen (secondary N) is 1. The summed E-state index contributed by atoms with van der Waals surface area (Å²) in [5.74, 6) is 0.366. The standard InChI is InChI=1S/C14H21BrN2O2S.ClH/c1-10-8-12(15)6-7-14(10)20(18,19)17-13(9-16)11-4-2-3-5-11;/h6-8,11,13,17H,2-5,9,16H2,1H3;1H. The van der Waals surface area contributed by atoms with Gasteiger partial charge < -0.3 is 5.73 Å². The molecule has 0 radical (unpaired) electrons. The van der Waals surface area contributed by atoms with E-state index in [1.165, 1.54) is 12.8 Å². The van der Waals surface area contributed by atoms with Crippen LogP contribution in [0.25, 0.3) is 0 Å². The molecule has 21 heavy (non-hydrogen) atoms. The lowest BCUT2D eigenvalue weighted by molar-refractivity contribution is 0.405. The second-order valence-corrected chi connectivity index (χ2v) is 8.02. The zero-order valence-corrected chi connectivity index (χ0v) is 15.2. The van der Waals surface area contributed by atoms with Crippen LogP contribution in [0.2, 0.25) is 0 Å². The van der Waals surface area contributed by atoms with Crippen LogP contribution >= 0.6 is 28.3 Å². The zero-order valence-electron chi connectivity index (χ0n) is 12.0. The molecule has 0 bridgehead atoms. The van der Waals surface area contributed by atoms with E-state index in [0.717, 1.165) is 22.9 Å². The average molecular weight is 398 g/mol. The molecule has 3 N–H and O–H groups in total. The van der Waals surface area contributed by atoms with Gasteiger partial charge in [-0.3, -0.25) is 0 Å². The van der Waals surface area contributed by atoms with Gasteiger partial charge in [-0.1, -0.05) is 28.8 Å². The summed E-state index contributed by atoms with van der Waals surface area (Å²) in [6.07, 6.45) is 4.45. The predicted molar refractivity (Wildman–Crippen MR) is 91.2 cm³/mol. The van der Waals surface area contributed by atoms with Gasteiger partial charge >= 0.3 is 0 Å². The topological polar surface area (TPSA) is 72.2 Å². The van der Waals surface area contributed by atoms with Crippen molar-refractivity contribution in [3.05, 3.63) is 28.2 Å². The van der Waals surface area contributed by atoms with Gasteiger partial charge in [0.25, 0.3) is 0 Å². The Balaban J connectivity index is 0.00000220. The fourth-order valence-electron chi connectivity index (χ4n) is 2.87. The van der Waals surface area contributed by atoms with Gasteiger partial charge in [0, 0.05) is 17.1 Å². The fraction of sp³-hybridized carbons (Fsp3) is 0.571. The molecule has 1 saturated carbocycles. The van der Waals surface area contributed by atoms with E-state index in [1.54, 1.807) is 19.1 Å². The molecule has 0 spiro atoms. The van der Waals surface area contributed by atoms with E-state index in [0.29, 0.717) is 17.4 Å². The third kappa shape index (κ3) is 4.66. The second kappa shape index (κ2) is 7.92. The van der Waals surface area contributed by atoms with Crippen molar-refractivity contribution in [1.29, 1.82) is 0 Å². The quantitative estimate of drug-likeness (QED) is 0.802. The molecule has 0 aromatic heterocycles. The van der Waals surface area contributed by atoms with Gasteiger partial charge in [-0.05, 0) is 49.4 Å². The molecule has 0 heterocycles. The number of hydrogen-bond acceptors (Lipinski definition) is 3. The molecule has 1 atom stereocenters. The smallest absolute Gasteiger partial charge is 0.241 e. The summed E-state index contributed by atoms with van der Waals surface area (Å²) in [5, 5.41) is 0. The zero-order chi connectivity index (χ0) is 14.8. The van der Waals surface area contributed by atoms with Crippen LogP contribution in [0.4, 0.5) is 0 Å². The number of hydrogen-bond donors (Lipinski definition) is 2. The molecule has 7 heteroatoms. The predicted octanol–water partition coefficient (Wildman–Crippen LogP) is 2.98. The van der Waals surface area contributed by atoms with Crippen LogP contribution in [0.15, 0.2) is 27.6 Å². The van der Waals surface area contributed by atoms with Gasteiger partial charge in [0.1, 0.15) is 0 Å². The van der Waals surface area contributed by atoms with Crippen LogP contribution in [0.1, 0.15) is 31.2 Å². The molecule has 1 unspecified atom stereocenters. The Kier molecular flexibility index (Phi) is 7.13. The molecular formula is C14H22BrClN2O2S. The summed E-state index contributed by atoms with van der Waals surface area (Å²) in [5.41, 5.74) is 6.50. The second-order valence-electron chi connectivity index (χ2n) is 5.42. The lowest BCUT2D eigenvalue weighted by Crippen LogP contribution is -2.44. The summed E-state index contributed by atoms with van der Waals surface area (Å²) in [4.78, 5) is 0.331. The molecule has 1 aromatic rings. The molecule has 4 nitrogen and oxygen atoms in total. The van der Waals surface area contributed by atoms with E-state index in [2.05, 4.69) is 20.7 Å². The van der Waals surface area contributed by atoms with Crippen molar-refractivity contribution < 1.29 is 8.42 Å². The Morgan fingerprint density at radius 3 is 2.52 bits per heavy atom. The molecule has 120 valence electrons. The van der Waals surface area contributed by atoms with Crippen molar-refractivity contribution in [3.8, 4) is 0 Å². The van der Waals surface area contributed by atoms with Crippen molar-refractivity contribution >= 4 is 38.4 Å². The van der Waals surface area contributed by atoms with Crippen LogP contribution in [0.3, 0.4) is 0 Å². The maximum absolute atomic E-state index is 12.5. The summed E-state index contributed by atoms with van der Waals surface area (Å²) in [7, 11) is -3.51. The number of rotatable bonds is 5. The number of halogens is 2. The molecule has 0 saturated heterocycles. The lowest BCUT2D eigenvalue weighted by atomic mass is 9.99. The Hall–Kier alpha value is -0.140.